The fourth-order valence-electron chi connectivity index (χ4n) is 1.65. The number of para-hydroxylation sites is 1. The third kappa shape index (κ3) is 2.10. The van der Waals surface area contributed by atoms with E-state index in [0.29, 0.717) is 16.8 Å². The average Bonchev–Trinajstić information content (AvgIpc) is 2.39. The Labute approximate surface area is 108 Å². The van der Waals surface area contributed by atoms with Gasteiger partial charge in [0.15, 0.2) is 5.15 Å². The Kier molecular flexibility index (Phi) is 2.78. The highest BCUT2D eigenvalue weighted by Gasteiger charge is 2.05. The van der Waals surface area contributed by atoms with E-state index < -0.39 is 0 Å². The van der Waals surface area contributed by atoms with Crippen molar-refractivity contribution in [2.24, 2.45) is 0 Å². The van der Waals surface area contributed by atoms with Gasteiger partial charge in [-0.25, -0.2) is 0 Å². The zero-order chi connectivity index (χ0) is 12.4. The first kappa shape index (κ1) is 10.9. The number of pyridine rings is 1. The zero-order valence-electron chi connectivity index (χ0n) is 9.25. The maximum Gasteiger partial charge on any atom is 0.239 e. The maximum absolute atomic E-state index is 5.76. The van der Waals surface area contributed by atoms with E-state index >= 15 is 0 Å². The lowest BCUT2D eigenvalue weighted by Gasteiger charge is -2.07. The molecule has 2 aromatic heterocycles. The molecular weight excluding hydrogens is 250 g/mol. The van der Waals surface area contributed by atoms with Crippen LogP contribution in [-0.2, 0) is 0 Å². The first-order valence-electron chi connectivity index (χ1n) is 5.32. The minimum absolute atomic E-state index is 0.297. The lowest BCUT2D eigenvalue weighted by molar-refractivity contribution is 0.465. The Morgan fingerprint density at radius 2 is 1.94 bits per heavy atom. The van der Waals surface area contributed by atoms with E-state index in [-0.39, 0.29) is 0 Å². The molecule has 0 radical (unpaired) electrons. The van der Waals surface area contributed by atoms with Crippen LogP contribution < -0.4 is 4.74 Å². The minimum Gasteiger partial charge on any atom is -0.437 e. The van der Waals surface area contributed by atoms with Gasteiger partial charge in [-0.2, -0.15) is 4.98 Å². The third-order valence-corrected chi connectivity index (χ3v) is 2.59. The van der Waals surface area contributed by atoms with Gasteiger partial charge in [-0.05, 0) is 18.2 Å². The van der Waals surface area contributed by atoms with Crippen LogP contribution in [0.4, 0.5) is 0 Å². The molecule has 0 N–H and O–H groups in total. The summed E-state index contributed by atoms with van der Waals surface area (Å²) in [6.07, 6.45) is 4.66. The van der Waals surface area contributed by atoms with Gasteiger partial charge in [-0.15, -0.1) is 0 Å². The van der Waals surface area contributed by atoms with Gasteiger partial charge >= 0.3 is 0 Å². The van der Waals surface area contributed by atoms with Crippen molar-refractivity contribution in [1.82, 2.24) is 15.0 Å². The largest absolute Gasteiger partial charge is 0.437 e. The molecule has 2 heterocycles. The number of benzene rings is 1. The average molecular weight is 258 g/mol. The molecular formula is C13H8ClN3O. The van der Waals surface area contributed by atoms with Crippen molar-refractivity contribution in [2.45, 2.75) is 0 Å². The zero-order valence-corrected chi connectivity index (χ0v) is 10.0. The topological polar surface area (TPSA) is 47.9 Å². The highest BCUT2D eigenvalue weighted by atomic mass is 35.5. The summed E-state index contributed by atoms with van der Waals surface area (Å²) in [5.74, 6) is 1.04. The monoisotopic (exact) mass is 257 g/mol. The lowest BCUT2D eigenvalue weighted by Crippen LogP contribution is -1.91. The van der Waals surface area contributed by atoms with Crippen LogP contribution in [0.5, 0.6) is 11.6 Å². The molecule has 0 aliphatic heterocycles. The van der Waals surface area contributed by atoms with Crippen molar-refractivity contribution in [2.75, 3.05) is 0 Å². The molecule has 5 heteroatoms. The Balaban J connectivity index is 2.05. The Morgan fingerprint density at radius 1 is 1.06 bits per heavy atom. The van der Waals surface area contributed by atoms with Crippen LogP contribution in [0.3, 0.4) is 0 Å². The number of aromatic nitrogens is 3. The molecule has 1 aromatic carbocycles. The summed E-state index contributed by atoms with van der Waals surface area (Å²) >= 11 is 5.76. The van der Waals surface area contributed by atoms with Crippen LogP contribution in [0, 0.1) is 0 Å². The van der Waals surface area contributed by atoms with Gasteiger partial charge in [0.25, 0.3) is 0 Å². The standard InChI is InChI=1S/C13H8ClN3O/c14-12-7-15-8-13(17-12)18-11-5-6-16-10-4-2-1-3-9(10)11/h1-8H. The summed E-state index contributed by atoms with van der Waals surface area (Å²) in [6, 6.07) is 9.51. The molecule has 3 aromatic rings. The summed E-state index contributed by atoms with van der Waals surface area (Å²) in [5.41, 5.74) is 0.866. The molecule has 0 aliphatic carbocycles. The molecule has 18 heavy (non-hydrogen) atoms. The first-order chi connectivity index (χ1) is 8.83. The Morgan fingerprint density at radius 3 is 2.83 bits per heavy atom. The van der Waals surface area contributed by atoms with Crippen LogP contribution in [0.25, 0.3) is 10.9 Å². The van der Waals surface area contributed by atoms with Crippen molar-refractivity contribution in [3.8, 4) is 11.6 Å². The van der Waals surface area contributed by atoms with Crippen LogP contribution in [0.15, 0.2) is 48.9 Å². The van der Waals surface area contributed by atoms with Crippen LogP contribution in [0.1, 0.15) is 0 Å². The number of ether oxygens (including phenoxy) is 1. The number of nitrogens with zero attached hydrogens (tertiary/aromatic N) is 3. The molecule has 3 rings (SSSR count). The van der Waals surface area contributed by atoms with Gasteiger partial charge in [0.05, 0.1) is 17.9 Å². The van der Waals surface area contributed by atoms with E-state index in [1.54, 1.807) is 12.3 Å². The lowest BCUT2D eigenvalue weighted by atomic mass is 10.2. The Hall–Kier alpha value is -2.20. The fraction of sp³-hybridized carbons (Fsp3) is 0. The summed E-state index contributed by atoms with van der Waals surface area (Å²) in [4.78, 5) is 12.2. The number of hydrogen-bond donors (Lipinski definition) is 0. The normalized spacial score (nSPS) is 10.5. The van der Waals surface area contributed by atoms with Crippen LogP contribution >= 0.6 is 11.6 Å². The fourth-order valence-corrected chi connectivity index (χ4v) is 1.79. The molecule has 0 saturated carbocycles. The molecule has 0 spiro atoms. The molecule has 0 fully saturated rings. The van der Waals surface area contributed by atoms with Crippen LogP contribution in [0.2, 0.25) is 5.15 Å². The van der Waals surface area contributed by atoms with Gasteiger partial charge in [-0.3, -0.25) is 9.97 Å². The molecule has 88 valence electrons. The SMILES string of the molecule is Clc1cncc(Oc2ccnc3ccccc23)n1. The molecule has 0 saturated heterocycles. The molecule has 0 bridgehead atoms. The highest BCUT2D eigenvalue weighted by Crippen LogP contribution is 2.27. The second-order valence-corrected chi connectivity index (χ2v) is 4.00. The van der Waals surface area contributed by atoms with E-state index in [1.807, 2.05) is 24.3 Å². The summed E-state index contributed by atoms with van der Waals surface area (Å²) in [5, 5.41) is 1.22. The highest BCUT2D eigenvalue weighted by molar-refractivity contribution is 6.29. The van der Waals surface area contributed by atoms with Crippen molar-refractivity contribution in [3.05, 3.63) is 54.1 Å². The number of hydrogen-bond acceptors (Lipinski definition) is 4. The molecule has 0 unspecified atom stereocenters. The van der Waals surface area contributed by atoms with Gasteiger partial charge in [0.1, 0.15) is 5.75 Å². The number of rotatable bonds is 2. The van der Waals surface area contributed by atoms with Gasteiger partial charge in [-0.1, -0.05) is 23.7 Å². The van der Waals surface area contributed by atoms with E-state index in [0.717, 1.165) is 10.9 Å². The predicted octanol–water partition coefficient (Wildman–Crippen LogP) is 3.47. The quantitative estimate of drug-likeness (QED) is 0.705. The van der Waals surface area contributed by atoms with Gasteiger partial charge in [0.2, 0.25) is 5.88 Å². The van der Waals surface area contributed by atoms with Gasteiger partial charge in [0, 0.05) is 11.6 Å². The Bertz CT molecular complexity index is 697. The van der Waals surface area contributed by atoms with Crippen molar-refractivity contribution < 1.29 is 4.74 Å². The number of halogens is 1. The third-order valence-electron chi connectivity index (χ3n) is 2.41. The van der Waals surface area contributed by atoms with E-state index in [2.05, 4.69) is 15.0 Å². The van der Waals surface area contributed by atoms with Crippen molar-refractivity contribution >= 4 is 22.5 Å². The summed E-state index contributed by atoms with van der Waals surface area (Å²) < 4.78 is 5.67. The smallest absolute Gasteiger partial charge is 0.239 e. The molecule has 0 aliphatic rings. The minimum atomic E-state index is 0.297. The predicted molar refractivity (Wildman–Crippen MR) is 68.9 cm³/mol. The maximum atomic E-state index is 5.76. The van der Waals surface area contributed by atoms with Gasteiger partial charge < -0.3 is 4.74 Å². The second kappa shape index (κ2) is 4.58. The van der Waals surface area contributed by atoms with E-state index in [1.165, 1.54) is 12.4 Å². The molecule has 4 nitrogen and oxygen atoms in total. The summed E-state index contributed by atoms with van der Waals surface area (Å²) in [6.45, 7) is 0. The molecule has 0 amide bonds. The van der Waals surface area contributed by atoms with Crippen molar-refractivity contribution in [1.29, 1.82) is 0 Å². The van der Waals surface area contributed by atoms with Crippen LogP contribution in [-0.4, -0.2) is 15.0 Å². The second-order valence-electron chi connectivity index (χ2n) is 3.61. The van der Waals surface area contributed by atoms with E-state index in [4.69, 9.17) is 16.3 Å². The van der Waals surface area contributed by atoms with E-state index in [9.17, 15) is 0 Å². The first-order valence-corrected chi connectivity index (χ1v) is 5.70. The number of fused-ring (bicyclic) bond motifs is 1. The molecule has 0 atom stereocenters. The van der Waals surface area contributed by atoms with Crippen molar-refractivity contribution in [3.63, 3.8) is 0 Å². The summed E-state index contributed by atoms with van der Waals surface area (Å²) in [7, 11) is 0.